The quantitative estimate of drug-likeness (QED) is 0.471. The van der Waals surface area contributed by atoms with Crippen LogP contribution in [0.25, 0.3) is 11.0 Å². The maximum absolute atomic E-state index is 13.8. The van der Waals surface area contributed by atoms with E-state index in [4.69, 9.17) is 13.6 Å². The van der Waals surface area contributed by atoms with Crippen molar-refractivity contribution in [1.29, 1.82) is 0 Å². The molecule has 3 heterocycles. The summed E-state index contributed by atoms with van der Waals surface area (Å²) in [6.45, 7) is 3.71. The standard InChI is InChI=1S/C30H29NO6/c1-16-9-10-25-20(12-16)29(33)21(15-36-25)27-26(30(34)37-19-6-3-4-7-19)17(2)31-22-13-18(14-23(32)28(22)27)24-8-5-11-35-24/h5,8-12,15,18-19,27,31H,3-4,6-7,13-14H2,1-2H3. The van der Waals surface area contributed by atoms with Crippen molar-refractivity contribution in [2.75, 3.05) is 0 Å². The van der Waals surface area contributed by atoms with Crippen molar-refractivity contribution in [2.45, 2.75) is 70.3 Å². The number of furan rings is 1. The van der Waals surface area contributed by atoms with Gasteiger partial charge in [0.15, 0.2) is 11.2 Å². The monoisotopic (exact) mass is 499 g/mol. The molecule has 3 aromatic rings. The highest BCUT2D eigenvalue weighted by molar-refractivity contribution is 6.04. The molecule has 6 rings (SSSR count). The molecule has 7 heteroatoms. The summed E-state index contributed by atoms with van der Waals surface area (Å²) in [5.41, 5.74) is 3.44. The fraction of sp³-hybridized carbons (Fsp3) is 0.367. The lowest BCUT2D eigenvalue weighted by atomic mass is 9.72. The third-order valence-electron chi connectivity index (χ3n) is 7.83. The fourth-order valence-corrected chi connectivity index (χ4v) is 6.03. The Kier molecular flexibility index (Phi) is 5.86. The van der Waals surface area contributed by atoms with E-state index in [9.17, 15) is 14.4 Å². The zero-order chi connectivity index (χ0) is 25.7. The second-order valence-electron chi connectivity index (χ2n) is 10.4. The number of carbonyl (C=O) groups excluding carboxylic acids is 2. The molecule has 37 heavy (non-hydrogen) atoms. The van der Waals surface area contributed by atoms with Crippen molar-refractivity contribution in [3.63, 3.8) is 0 Å². The number of hydrogen-bond donors (Lipinski definition) is 1. The van der Waals surface area contributed by atoms with Crippen molar-refractivity contribution in [3.8, 4) is 0 Å². The summed E-state index contributed by atoms with van der Waals surface area (Å²) in [5.74, 6) is -0.853. The van der Waals surface area contributed by atoms with E-state index in [1.54, 1.807) is 25.3 Å². The number of fused-ring (bicyclic) bond motifs is 1. The number of rotatable bonds is 4. The maximum Gasteiger partial charge on any atom is 0.337 e. The molecule has 1 fully saturated rings. The number of Topliss-reactive ketones (excluding diaryl/α,β-unsaturated/α-hetero) is 1. The van der Waals surface area contributed by atoms with Gasteiger partial charge in [0, 0.05) is 34.9 Å². The Morgan fingerprint density at radius 2 is 1.86 bits per heavy atom. The van der Waals surface area contributed by atoms with Gasteiger partial charge in [-0.2, -0.15) is 0 Å². The highest BCUT2D eigenvalue weighted by Gasteiger charge is 2.43. The molecule has 2 atom stereocenters. The Hall–Kier alpha value is -3.87. The van der Waals surface area contributed by atoms with E-state index in [1.807, 2.05) is 25.1 Å². The Bertz CT molecular complexity index is 1520. The van der Waals surface area contributed by atoms with Crippen LogP contribution in [0.2, 0.25) is 0 Å². The summed E-state index contributed by atoms with van der Waals surface area (Å²) < 4.78 is 17.4. The van der Waals surface area contributed by atoms with Crippen LogP contribution in [0.1, 0.15) is 74.2 Å². The molecule has 1 N–H and O–H groups in total. The molecule has 7 nitrogen and oxygen atoms in total. The van der Waals surface area contributed by atoms with Gasteiger partial charge in [0.25, 0.3) is 0 Å². The normalized spacial score (nSPS) is 22.4. The smallest absolute Gasteiger partial charge is 0.337 e. The van der Waals surface area contributed by atoms with E-state index in [2.05, 4.69) is 5.32 Å². The maximum atomic E-state index is 13.8. The van der Waals surface area contributed by atoms with Crippen molar-refractivity contribution in [3.05, 3.63) is 92.5 Å². The summed E-state index contributed by atoms with van der Waals surface area (Å²) in [4.78, 5) is 41.2. The zero-order valence-corrected chi connectivity index (χ0v) is 21.0. The van der Waals surface area contributed by atoms with Gasteiger partial charge in [-0.05, 0) is 70.2 Å². The van der Waals surface area contributed by atoms with E-state index < -0.39 is 11.9 Å². The van der Waals surface area contributed by atoms with Gasteiger partial charge in [0.05, 0.1) is 29.4 Å². The SMILES string of the molecule is CC1=C(C(=O)OC2CCCC2)C(c2coc3ccc(C)cc3c2=O)C2=C(CC(c3ccco3)CC2=O)N1. The van der Waals surface area contributed by atoms with Gasteiger partial charge >= 0.3 is 5.97 Å². The first-order valence-corrected chi connectivity index (χ1v) is 12.9. The van der Waals surface area contributed by atoms with Gasteiger partial charge in [0.1, 0.15) is 17.4 Å². The van der Waals surface area contributed by atoms with Crippen LogP contribution in [-0.2, 0) is 14.3 Å². The predicted molar refractivity (Wildman–Crippen MR) is 137 cm³/mol. The number of nitrogens with one attached hydrogen (secondary N) is 1. The molecular formula is C30H29NO6. The number of aryl methyl sites for hydroxylation is 1. The third kappa shape index (κ3) is 4.12. The first kappa shape index (κ1) is 23.5. The minimum absolute atomic E-state index is 0.121. The average Bonchev–Trinajstić information content (AvgIpc) is 3.58. The van der Waals surface area contributed by atoms with Gasteiger partial charge in [0.2, 0.25) is 0 Å². The predicted octanol–water partition coefficient (Wildman–Crippen LogP) is 5.54. The first-order valence-electron chi connectivity index (χ1n) is 12.9. The van der Waals surface area contributed by atoms with Crippen molar-refractivity contribution >= 4 is 22.7 Å². The Labute approximate surface area is 214 Å². The lowest BCUT2D eigenvalue weighted by Gasteiger charge is -2.36. The third-order valence-corrected chi connectivity index (χ3v) is 7.83. The number of ether oxygens (including phenoxy) is 1. The first-order chi connectivity index (χ1) is 17.9. The minimum Gasteiger partial charge on any atom is -0.469 e. The summed E-state index contributed by atoms with van der Waals surface area (Å²) >= 11 is 0. The molecule has 0 spiro atoms. The van der Waals surface area contributed by atoms with Crippen LogP contribution in [0.15, 0.2) is 79.0 Å². The number of esters is 1. The molecule has 0 radical (unpaired) electrons. The van der Waals surface area contributed by atoms with Gasteiger partial charge in [-0.3, -0.25) is 9.59 Å². The van der Waals surface area contributed by atoms with Crippen molar-refractivity contribution in [2.24, 2.45) is 0 Å². The molecule has 2 aromatic heterocycles. The molecule has 0 bridgehead atoms. The van der Waals surface area contributed by atoms with E-state index in [1.165, 1.54) is 6.26 Å². The zero-order valence-electron chi connectivity index (χ0n) is 21.0. The minimum atomic E-state index is -0.864. The molecule has 0 amide bonds. The fourth-order valence-electron chi connectivity index (χ4n) is 6.03. The molecule has 1 aromatic carbocycles. The van der Waals surface area contributed by atoms with Gasteiger partial charge in [-0.1, -0.05) is 11.6 Å². The van der Waals surface area contributed by atoms with Gasteiger partial charge in [-0.25, -0.2) is 4.79 Å². The van der Waals surface area contributed by atoms with E-state index in [-0.39, 0.29) is 35.2 Å². The van der Waals surface area contributed by atoms with Crippen LogP contribution in [0.4, 0.5) is 0 Å². The summed E-state index contributed by atoms with van der Waals surface area (Å²) in [6, 6.07) is 9.11. The number of allylic oxidation sites excluding steroid dienone is 3. The van der Waals surface area contributed by atoms with Crippen LogP contribution in [0.3, 0.4) is 0 Å². The second-order valence-corrected chi connectivity index (χ2v) is 10.4. The number of carbonyl (C=O) groups is 2. The van der Waals surface area contributed by atoms with Crippen LogP contribution in [0.5, 0.6) is 0 Å². The second kappa shape index (κ2) is 9.21. The number of dihydropyridines is 1. The van der Waals surface area contributed by atoms with Crippen LogP contribution < -0.4 is 10.7 Å². The number of hydrogen-bond acceptors (Lipinski definition) is 7. The van der Waals surface area contributed by atoms with E-state index in [0.717, 1.165) is 37.0 Å². The van der Waals surface area contributed by atoms with Crippen molar-refractivity contribution < 1.29 is 23.2 Å². The Balaban J connectivity index is 1.49. The summed E-state index contributed by atoms with van der Waals surface area (Å²) in [6.07, 6.45) is 7.31. The average molecular weight is 500 g/mol. The topological polar surface area (TPSA) is 98.8 Å². The molecule has 1 saturated carbocycles. The van der Waals surface area contributed by atoms with E-state index in [0.29, 0.717) is 39.9 Å². The molecule has 3 aliphatic rings. The van der Waals surface area contributed by atoms with Crippen molar-refractivity contribution in [1.82, 2.24) is 5.32 Å². The van der Waals surface area contributed by atoms with Crippen LogP contribution in [0, 0.1) is 6.92 Å². The van der Waals surface area contributed by atoms with Crippen LogP contribution in [-0.4, -0.2) is 17.9 Å². The highest BCUT2D eigenvalue weighted by atomic mass is 16.5. The molecule has 1 aliphatic heterocycles. The van der Waals surface area contributed by atoms with Crippen LogP contribution >= 0.6 is 0 Å². The largest absolute Gasteiger partial charge is 0.469 e. The summed E-state index contributed by atoms with van der Waals surface area (Å²) in [5, 5.41) is 3.75. The molecular weight excluding hydrogens is 470 g/mol. The summed E-state index contributed by atoms with van der Waals surface area (Å²) in [7, 11) is 0. The molecule has 2 aliphatic carbocycles. The molecule has 0 saturated heterocycles. The van der Waals surface area contributed by atoms with Gasteiger partial charge in [-0.15, -0.1) is 0 Å². The molecule has 190 valence electrons. The lowest BCUT2D eigenvalue weighted by Crippen LogP contribution is -2.38. The van der Waals surface area contributed by atoms with E-state index >= 15 is 0 Å². The number of benzene rings is 1. The molecule has 2 unspecified atom stereocenters. The number of ketones is 1. The highest BCUT2D eigenvalue weighted by Crippen LogP contribution is 2.45. The Morgan fingerprint density at radius 3 is 2.62 bits per heavy atom. The lowest BCUT2D eigenvalue weighted by molar-refractivity contribution is -0.144. The Morgan fingerprint density at radius 1 is 1.05 bits per heavy atom. The van der Waals surface area contributed by atoms with Gasteiger partial charge < -0.3 is 18.9 Å².